The van der Waals surface area contributed by atoms with Crippen molar-refractivity contribution in [1.29, 1.82) is 0 Å². The van der Waals surface area contributed by atoms with Gasteiger partial charge in [0.05, 0.1) is 19.3 Å². The van der Waals surface area contributed by atoms with Crippen molar-refractivity contribution >= 4 is 11.4 Å². The lowest BCUT2D eigenvalue weighted by molar-refractivity contribution is 0.0886. The summed E-state index contributed by atoms with van der Waals surface area (Å²) in [6.45, 7) is 0.298. The molecule has 0 saturated carbocycles. The van der Waals surface area contributed by atoms with Gasteiger partial charge in [-0.15, -0.1) is 0 Å². The lowest BCUT2D eigenvalue weighted by Crippen LogP contribution is -2.12. The lowest BCUT2D eigenvalue weighted by Gasteiger charge is -2.05. The molecule has 6 heteroatoms. The topological polar surface area (TPSA) is 76.0 Å². The van der Waals surface area contributed by atoms with Gasteiger partial charge in [0.2, 0.25) is 0 Å². The molecule has 2 aromatic carbocycles. The van der Waals surface area contributed by atoms with E-state index in [4.69, 9.17) is 18.6 Å². The highest BCUT2D eigenvalue weighted by molar-refractivity contribution is 7.75. The summed E-state index contributed by atoms with van der Waals surface area (Å²) in [6.07, 6.45) is 2.64. The van der Waals surface area contributed by atoms with Gasteiger partial charge in [-0.1, -0.05) is 60.7 Å². The zero-order chi connectivity index (χ0) is 18.6. The summed E-state index contributed by atoms with van der Waals surface area (Å²) in [7, 11) is 0. The Balaban J connectivity index is 0.000000190. The summed E-state index contributed by atoms with van der Waals surface area (Å²) in [5.41, 5.74) is 2.47. The van der Waals surface area contributed by atoms with Crippen LogP contribution in [0.3, 0.4) is 0 Å². The van der Waals surface area contributed by atoms with Crippen LogP contribution in [-0.2, 0) is 32.6 Å². The molecule has 0 aromatic heterocycles. The van der Waals surface area contributed by atoms with Gasteiger partial charge >= 0.3 is 11.4 Å². The Kier molecular flexibility index (Phi) is 9.52. The van der Waals surface area contributed by atoms with Gasteiger partial charge in [0.25, 0.3) is 0 Å². The molecule has 2 aromatic rings. The minimum atomic E-state index is -1.51. The Morgan fingerprint density at radius 1 is 1.00 bits per heavy atom. The molecule has 1 aliphatic heterocycles. The normalized spacial score (nSPS) is 20.2. The second-order valence-corrected chi connectivity index (χ2v) is 6.93. The molecule has 2 N–H and O–H groups in total. The van der Waals surface area contributed by atoms with Gasteiger partial charge in [-0.05, 0) is 36.8 Å². The zero-order valence-electron chi connectivity index (χ0n) is 14.7. The maximum Gasteiger partial charge on any atom is 0.305 e. The molecule has 3 atom stereocenters. The largest absolute Gasteiger partial charge is 0.394 e. The van der Waals surface area contributed by atoms with Gasteiger partial charge in [-0.3, -0.25) is 8.37 Å². The summed E-state index contributed by atoms with van der Waals surface area (Å²) in [4.78, 5) is 0. The molecule has 5 nitrogen and oxygen atoms in total. The lowest BCUT2D eigenvalue weighted by atomic mass is 10.1. The van der Waals surface area contributed by atoms with Crippen molar-refractivity contribution in [3.8, 4) is 0 Å². The first-order chi connectivity index (χ1) is 12.7. The van der Waals surface area contributed by atoms with Crippen LogP contribution < -0.4 is 0 Å². The van der Waals surface area contributed by atoms with Gasteiger partial charge in [0, 0.05) is 0 Å². The first-order valence-corrected chi connectivity index (χ1v) is 9.76. The molecule has 1 heterocycles. The van der Waals surface area contributed by atoms with E-state index in [1.165, 1.54) is 11.1 Å². The minimum Gasteiger partial charge on any atom is -0.394 e. The fourth-order valence-corrected chi connectivity index (χ4v) is 3.16. The van der Waals surface area contributed by atoms with Crippen molar-refractivity contribution < 1.29 is 22.8 Å². The molecule has 0 amide bonds. The third-order valence-electron chi connectivity index (χ3n) is 3.98. The standard InChI is InChI=1S/C10H12O3S.C10H14O2/c11-14-12-8-10(13-14)7-6-9-4-2-1-3-5-9;11-8-10(12)7-6-9-4-2-1-3-5-9/h1-5,10H,6-8H2;1-5,10-12H,6-8H2/t10-,14?;10-/m00/s1. The van der Waals surface area contributed by atoms with E-state index in [0.717, 1.165) is 19.3 Å². The van der Waals surface area contributed by atoms with Crippen LogP contribution in [0.4, 0.5) is 0 Å². The van der Waals surface area contributed by atoms with E-state index in [0.29, 0.717) is 13.0 Å². The van der Waals surface area contributed by atoms with Gasteiger partial charge in [-0.25, -0.2) is 0 Å². The predicted octanol–water partition coefficient (Wildman–Crippen LogP) is 2.59. The van der Waals surface area contributed by atoms with Crippen LogP contribution in [0.25, 0.3) is 0 Å². The van der Waals surface area contributed by atoms with Crippen LogP contribution in [-0.4, -0.2) is 39.8 Å². The second kappa shape index (κ2) is 11.9. The molecule has 1 aliphatic rings. The molecular weight excluding hydrogens is 352 g/mol. The highest BCUT2D eigenvalue weighted by atomic mass is 32.2. The molecule has 1 fully saturated rings. The van der Waals surface area contributed by atoms with Crippen molar-refractivity contribution in [3.63, 3.8) is 0 Å². The van der Waals surface area contributed by atoms with Crippen LogP contribution in [0.5, 0.6) is 0 Å². The number of rotatable bonds is 7. The highest BCUT2D eigenvalue weighted by Crippen LogP contribution is 2.14. The van der Waals surface area contributed by atoms with Gasteiger partial charge in [-0.2, -0.15) is 4.21 Å². The summed E-state index contributed by atoms with van der Waals surface area (Å²) in [5.74, 6) is 0. The first kappa shape index (κ1) is 20.7. The van der Waals surface area contributed by atoms with E-state index >= 15 is 0 Å². The monoisotopic (exact) mass is 378 g/mol. The molecular formula is C20H26O5S. The van der Waals surface area contributed by atoms with Gasteiger partial charge in [0.1, 0.15) is 6.10 Å². The minimum absolute atomic E-state index is 0.0176. The molecule has 0 bridgehead atoms. The molecule has 142 valence electrons. The van der Waals surface area contributed by atoms with Crippen LogP contribution in [0.1, 0.15) is 24.0 Å². The Morgan fingerprint density at radius 2 is 1.58 bits per heavy atom. The van der Waals surface area contributed by atoms with E-state index in [2.05, 4.69) is 12.1 Å². The van der Waals surface area contributed by atoms with Crippen LogP contribution >= 0.6 is 0 Å². The van der Waals surface area contributed by atoms with Crippen LogP contribution in [0, 0.1) is 0 Å². The summed E-state index contributed by atoms with van der Waals surface area (Å²) in [5, 5.41) is 17.6. The van der Waals surface area contributed by atoms with Crippen LogP contribution in [0.2, 0.25) is 0 Å². The molecule has 0 aliphatic carbocycles. The van der Waals surface area contributed by atoms with E-state index in [9.17, 15) is 4.21 Å². The molecule has 1 saturated heterocycles. The van der Waals surface area contributed by atoms with E-state index < -0.39 is 17.5 Å². The predicted molar refractivity (Wildman–Crippen MR) is 102 cm³/mol. The molecule has 1 unspecified atom stereocenters. The maximum absolute atomic E-state index is 10.7. The van der Waals surface area contributed by atoms with Crippen LogP contribution in [0.15, 0.2) is 60.7 Å². The number of hydrogen-bond donors (Lipinski definition) is 2. The number of benzene rings is 2. The van der Waals surface area contributed by atoms with Crippen molar-refractivity contribution in [3.05, 3.63) is 71.8 Å². The number of aliphatic hydroxyl groups excluding tert-OH is 2. The average Bonchev–Trinajstić information content (AvgIpc) is 3.12. The summed E-state index contributed by atoms with van der Waals surface area (Å²) >= 11 is -1.51. The summed E-state index contributed by atoms with van der Waals surface area (Å²) in [6, 6.07) is 20.1. The number of aliphatic hydroxyl groups is 2. The Labute approximate surface area is 157 Å². The highest BCUT2D eigenvalue weighted by Gasteiger charge is 2.22. The third-order valence-corrected chi connectivity index (χ3v) is 4.74. The van der Waals surface area contributed by atoms with Gasteiger partial charge in [0.15, 0.2) is 0 Å². The Morgan fingerprint density at radius 3 is 2.08 bits per heavy atom. The number of hydrogen-bond acceptors (Lipinski definition) is 5. The van der Waals surface area contributed by atoms with Crippen molar-refractivity contribution in [2.45, 2.75) is 37.9 Å². The van der Waals surface area contributed by atoms with Crippen molar-refractivity contribution in [2.24, 2.45) is 0 Å². The quantitative estimate of drug-likeness (QED) is 0.774. The molecule has 0 spiro atoms. The van der Waals surface area contributed by atoms with Crippen molar-refractivity contribution in [1.82, 2.24) is 0 Å². The van der Waals surface area contributed by atoms with Crippen molar-refractivity contribution in [2.75, 3.05) is 13.2 Å². The number of aryl methyl sites for hydroxylation is 2. The Hall–Kier alpha value is -1.57. The second-order valence-electron chi connectivity index (χ2n) is 6.09. The first-order valence-electron chi connectivity index (χ1n) is 8.76. The van der Waals surface area contributed by atoms with E-state index in [1.54, 1.807) is 0 Å². The third kappa shape index (κ3) is 8.21. The fourth-order valence-electron chi connectivity index (χ4n) is 2.47. The van der Waals surface area contributed by atoms with E-state index in [-0.39, 0.29) is 12.7 Å². The molecule has 0 radical (unpaired) electrons. The molecule has 26 heavy (non-hydrogen) atoms. The van der Waals surface area contributed by atoms with E-state index in [1.807, 2.05) is 48.5 Å². The smallest absolute Gasteiger partial charge is 0.305 e. The SMILES string of the molecule is O=S1OC[C@H](CCc2ccccc2)O1.OC[C@@H](O)CCc1ccccc1. The maximum atomic E-state index is 10.7. The Bertz CT molecular complexity index is 635. The fraction of sp³-hybridized carbons (Fsp3) is 0.400. The summed E-state index contributed by atoms with van der Waals surface area (Å²) < 4.78 is 20.6. The molecule has 3 rings (SSSR count). The average molecular weight is 378 g/mol. The zero-order valence-corrected chi connectivity index (χ0v) is 15.5. The van der Waals surface area contributed by atoms with Gasteiger partial charge < -0.3 is 10.2 Å².